The van der Waals surface area contributed by atoms with Crippen molar-refractivity contribution in [2.24, 2.45) is 5.92 Å². The Hall–Kier alpha value is -0.140. The van der Waals surface area contributed by atoms with Crippen LogP contribution in [-0.2, 0) is 0 Å². The predicted octanol–water partition coefficient (Wildman–Crippen LogP) is 4.27. The zero-order valence-electron chi connectivity index (χ0n) is 9.01. The Morgan fingerprint density at radius 2 is 2.07 bits per heavy atom. The molecule has 78 valence electrons. The first-order valence-electron chi connectivity index (χ1n) is 4.89. The lowest BCUT2D eigenvalue weighted by molar-refractivity contribution is 0.759. The van der Waals surface area contributed by atoms with Gasteiger partial charge in [0.15, 0.2) is 0 Å². The second-order valence-electron chi connectivity index (χ2n) is 3.84. The van der Waals surface area contributed by atoms with E-state index in [4.69, 9.17) is 11.6 Å². The molecule has 0 aliphatic carbocycles. The van der Waals surface area contributed by atoms with Gasteiger partial charge in [-0.15, -0.1) is 23.4 Å². The molecular weight excluding hydrogens is 212 g/mol. The predicted molar refractivity (Wildman–Crippen MR) is 66.5 cm³/mol. The summed E-state index contributed by atoms with van der Waals surface area (Å²) in [5.74, 6) is 2.44. The molecule has 0 heterocycles. The van der Waals surface area contributed by atoms with Crippen LogP contribution in [0.3, 0.4) is 0 Å². The highest BCUT2D eigenvalue weighted by Gasteiger charge is 2.03. The molecule has 1 rings (SSSR count). The third-order valence-corrected chi connectivity index (χ3v) is 4.15. The first kappa shape index (κ1) is 11.9. The third kappa shape index (κ3) is 3.55. The molecule has 0 N–H and O–H groups in total. The van der Waals surface area contributed by atoms with E-state index in [0.717, 1.165) is 11.6 Å². The van der Waals surface area contributed by atoms with E-state index in [1.165, 1.54) is 16.0 Å². The summed E-state index contributed by atoms with van der Waals surface area (Å²) in [6.07, 6.45) is 0. The minimum absolute atomic E-state index is 0.586. The van der Waals surface area contributed by atoms with Gasteiger partial charge < -0.3 is 0 Å². The molecular formula is C12H17ClS. The van der Waals surface area contributed by atoms with Gasteiger partial charge in [0.2, 0.25) is 0 Å². The van der Waals surface area contributed by atoms with Crippen molar-refractivity contribution in [3.05, 3.63) is 29.3 Å². The zero-order valence-corrected chi connectivity index (χ0v) is 10.6. The summed E-state index contributed by atoms with van der Waals surface area (Å²) in [7, 11) is 0. The number of rotatable bonds is 4. The highest BCUT2D eigenvalue weighted by molar-refractivity contribution is 7.99. The van der Waals surface area contributed by atoms with Gasteiger partial charge in [0.1, 0.15) is 0 Å². The molecule has 0 amide bonds. The fraction of sp³-hybridized carbons (Fsp3) is 0.500. The van der Waals surface area contributed by atoms with Crippen molar-refractivity contribution < 1.29 is 0 Å². The molecule has 1 aromatic rings. The maximum Gasteiger partial charge on any atom is 0.0257 e. The van der Waals surface area contributed by atoms with Crippen LogP contribution >= 0.6 is 23.4 Å². The Morgan fingerprint density at radius 1 is 1.36 bits per heavy atom. The summed E-state index contributed by atoms with van der Waals surface area (Å²) in [5.41, 5.74) is 2.70. The van der Waals surface area contributed by atoms with Crippen LogP contribution in [0.15, 0.2) is 23.1 Å². The summed E-state index contributed by atoms with van der Waals surface area (Å²) in [5, 5.41) is 0. The number of halogens is 1. The Balaban J connectivity index is 2.59. The number of alkyl halides is 1. The van der Waals surface area contributed by atoms with E-state index in [1.807, 2.05) is 11.8 Å². The summed E-state index contributed by atoms with van der Waals surface area (Å²) in [6.45, 7) is 6.48. The largest absolute Gasteiger partial charge is 0.126 e. The van der Waals surface area contributed by atoms with Gasteiger partial charge in [-0.25, -0.2) is 0 Å². The van der Waals surface area contributed by atoms with Crippen molar-refractivity contribution in [1.82, 2.24) is 0 Å². The maximum atomic E-state index is 5.77. The number of hydrogen-bond acceptors (Lipinski definition) is 1. The molecule has 14 heavy (non-hydrogen) atoms. The molecule has 0 fully saturated rings. The summed E-state index contributed by atoms with van der Waals surface area (Å²) in [6, 6.07) is 6.60. The molecule has 0 nitrogen and oxygen atoms in total. The van der Waals surface area contributed by atoms with Crippen LogP contribution < -0.4 is 0 Å². The number of hydrogen-bond donors (Lipinski definition) is 0. The third-order valence-electron chi connectivity index (χ3n) is 2.12. The van der Waals surface area contributed by atoms with E-state index < -0.39 is 0 Å². The van der Waals surface area contributed by atoms with Crippen molar-refractivity contribution in [1.29, 1.82) is 0 Å². The molecule has 0 saturated heterocycles. The minimum atomic E-state index is 0.586. The van der Waals surface area contributed by atoms with Gasteiger partial charge in [-0.3, -0.25) is 0 Å². The Morgan fingerprint density at radius 3 is 2.64 bits per heavy atom. The van der Waals surface area contributed by atoms with E-state index in [1.54, 1.807) is 0 Å². The molecule has 0 aliphatic rings. The number of benzene rings is 1. The molecule has 0 radical (unpaired) electrons. The smallest absolute Gasteiger partial charge is 0.0257 e. The van der Waals surface area contributed by atoms with Gasteiger partial charge in [-0.1, -0.05) is 24.6 Å². The summed E-state index contributed by atoms with van der Waals surface area (Å²) in [4.78, 5) is 1.38. The Kier molecular flexibility index (Phi) is 4.83. The Bertz CT molecular complexity index is 296. The average molecular weight is 229 g/mol. The topological polar surface area (TPSA) is 0 Å². The van der Waals surface area contributed by atoms with Crippen LogP contribution in [0.5, 0.6) is 0 Å². The number of aryl methyl sites for hydroxylation is 2. The first-order chi connectivity index (χ1) is 6.63. The van der Waals surface area contributed by atoms with E-state index in [9.17, 15) is 0 Å². The zero-order chi connectivity index (χ0) is 10.6. The molecule has 1 aromatic carbocycles. The normalized spacial score (nSPS) is 12.9. The second-order valence-corrected chi connectivity index (χ2v) is 5.21. The van der Waals surface area contributed by atoms with Gasteiger partial charge in [0, 0.05) is 16.5 Å². The van der Waals surface area contributed by atoms with Crippen molar-refractivity contribution in [2.45, 2.75) is 25.7 Å². The van der Waals surface area contributed by atoms with E-state index in [-0.39, 0.29) is 0 Å². The monoisotopic (exact) mass is 228 g/mol. The van der Waals surface area contributed by atoms with Crippen LogP contribution in [0.1, 0.15) is 18.1 Å². The summed E-state index contributed by atoms with van der Waals surface area (Å²) >= 11 is 7.67. The van der Waals surface area contributed by atoms with Crippen molar-refractivity contribution in [3.8, 4) is 0 Å². The molecule has 0 aliphatic heterocycles. The summed E-state index contributed by atoms with van der Waals surface area (Å²) < 4.78 is 0. The van der Waals surface area contributed by atoms with Gasteiger partial charge in [-0.2, -0.15) is 0 Å². The highest BCUT2D eigenvalue weighted by Crippen LogP contribution is 2.25. The van der Waals surface area contributed by atoms with Crippen molar-refractivity contribution in [3.63, 3.8) is 0 Å². The van der Waals surface area contributed by atoms with Crippen LogP contribution in [0.25, 0.3) is 0 Å². The van der Waals surface area contributed by atoms with Crippen LogP contribution in [0, 0.1) is 19.8 Å². The molecule has 0 saturated carbocycles. The van der Waals surface area contributed by atoms with Crippen molar-refractivity contribution >= 4 is 23.4 Å². The highest BCUT2D eigenvalue weighted by atomic mass is 35.5. The lowest BCUT2D eigenvalue weighted by Crippen LogP contribution is -1.99. The molecule has 0 spiro atoms. The fourth-order valence-corrected chi connectivity index (χ4v) is 2.51. The van der Waals surface area contributed by atoms with Gasteiger partial charge >= 0.3 is 0 Å². The Labute approximate surface area is 96.0 Å². The van der Waals surface area contributed by atoms with Crippen molar-refractivity contribution in [2.75, 3.05) is 11.6 Å². The number of thioether (sulfide) groups is 1. The molecule has 1 atom stereocenters. The van der Waals surface area contributed by atoms with E-state index >= 15 is 0 Å². The lowest BCUT2D eigenvalue weighted by Gasteiger charge is -2.09. The lowest BCUT2D eigenvalue weighted by atomic mass is 10.2. The molecule has 1 unspecified atom stereocenters. The fourth-order valence-electron chi connectivity index (χ4n) is 1.24. The molecule has 2 heteroatoms. The van der Waals surface area contributed by atoms with Gasteiger partial charge in [0.25, 0.3) is 0 Å². The second kappa shape index (κ2) is 5.67. The quantitative estimate of drug-likeness (QED) is 0.548. The van der Waals surface area contributed by atoms with Gasteiger partial charge in [-0.05, 0) is 31.4 Å². The van der Waals surface area contributed by atoms with Crippen LogP contribution in [0.2, 0.25) is 0 Å². The molecule has 0 bridgehead atoms. The minimum Gasteiger partial charge on any atom is -0.126 e. The van der Waals surface area contributed by atoms with Gasteiger partial charge in [0.05, 0.1) is 0 Å². The molecule has 0 aromatic heterocycles. The van der Waals surface area contributed by atoms with Crippen LogP contribution in [-0.4, -0.2) is 11.6 Å². The van der Waals surface area contributed by atoms with Crippen LogP contribution in [0.4, 0.5) is 0 Å². The standard InChI is InChI=1S/C12H17ClS/c1-9-4-5-12(11(3)6-9)14-8-10(2)7-13/h4-6,10H,7-8H2,1-3H3. The first-order valence-corrected chi connectivity index (χ1v) is 6.41. The SMILES string of the molecule is Cc1ccc(SCC(C)CCl)c(C)c1. The average Bonchev–Trinajstić information content (AvgIpc) is 2.16. The van der Waals surface area contributed by atoms with E-state index in [0.29, 0.717) is 5.92 Å². The van der Waals surface area contributed by atoms with E-state index in [2.05, 4.69) is 39.0 Å². The maximum absolute atomic E-state index is 5.77.